The summed E-state index contributed by atoms with van der Waals surface area (Å²) in [6, 6.07) is 2.92. The van der Waals surface area contributed by atoms with Crippen LogP contribution in [-0.4, -0.2) is 24.8 Å². The van der Waals surface area contributed by atoms with Crippen molar-refractivity contribution < 1.29 is 28.2 Å². The first kappa shape index (κ1) is 13.2. The zero-order chi connectivity index (χ0) is 13.1. The fraction of sp³-hybridized carbons (Fsp3) is 0.364. The molecule has 17 heavy (non-hydrogen) atoms. The Labute approximate surface area is 96.8 Å². The van der Waals surface area contributed by atoms with Gasteiger partial charge in [0.1, 0.15) is 0 Å². The maximum Gasteiger partial charge on any atom is 0.381 e. The van der Waals surface area contributed by atoms with E-state index in [9.17, 15) is 18.7 Å². The highest BCUT2D eigenvalue weighted by molar-refractivity contribution is 5.79. The molecule has 0 radical (unpaired) electrons. The van der Waals surface area contributed by atoms with Gasteiger partial charge in [-0.05, 0) is 25.1 Å². The highest BCUT2D eigenvalue weighted by Gasteiger charge is 2.43. The van der Waals surface area contributed by atoms with Crippen LogP contribution in [0.15, 0.2) is 18.2 Å². The van der Waals surface area contributed by atoms with Gasteiger partial charge in [-0.2, -0.15) is 8.78 Å². The van der Waals surface area contributed by atoms with Crippen LogP contribution in [-0.2, 0) is 15.5 Å². The van der Waals surface area contributed by atoms with E-state index in [0.29, 0.717) is 0 Å². The summed E-state index contributed by atoms with van der Waals surface area (Å²) >= 11 is 0. The number of ether oxygens (including phenoxy) is 2. The lowest BCUT2D eigenvalue weighted by Gasteiger charge is -2.15. The fourth-order valence-corrected chi connectivity index (χ4v) is 1.22. The third-order valence-electron chi connectivity index (χ3n) is 2.07. The van der Waals surface area contributed by atoms with Crippen LogP contribution in [0.1, 0.15) is 12.5 Å². The van der Waals surface area contributed by atoms with E-state index < -0.39 is 23.2 Å². The second kappa shape index (κ2) is 4.99. The molecule has 0 spiro atoms. The molecule has 1 rings (SSSR count). The first-order valence-electron chi connectivity index (χ1n) is 4.86. The third kappa shape index (κ3) is 2.64. The molecule has 0 heterocycles. The summed E-state index contributed by atoms with van der Waals surface area (Å²) in [4.78, 5) is 11.0. The summed E-state index contributed by atoms with van der Waals surface area (Å²) in [5.74, 6) is -5.85. The van der Waals surface area contributed by atoms with Crippen LogP contribution >= 0.6 is 0 Å². The van der Waals surface area contributed by atoms with Gasteiger partial charge < -0.3 is 14.6 Å². The number of phenols is 1. The Morgan fingerprint density at radius 2 is 2.12 bits per heavy atom. The van der Waals surface area contributed by atoms with E-state index in [0.717, 1.165) is 18.2 Å². The van der Waals surface area contributed by atoms with Gasteiger partial charge in [0, 0.05) is 5.56 Å². The molecular formula is C11H12F2O4. The number of hydrogen-bond donors (Lipinski definition) is 1. The van der Waals surface area contributed by atoms with Crippen molar-refractivity contribution in [3.63, 3.8) is 0 Å². The molecule has 0 saturated heterocycles. The molecular weight excluding hydrogens is 234 g/mol. The van der Waals surface area contributed by atoms with Gasteiger partial charge in [-0.1, -0.05) is 0 Å². The molecule has 0 unspecified atom stereocenters. The van der Waals surface area contributed by atoms with Gasteiger partial charge in [0.05, 0.1) is 13.7 Å². The zero-order valence-electron chi connectivity index (χ0n) is 9.37. The predicted octanol–water partition coefficient (Wildman–Crippen LogP) is 2.06. The van der Waals surface area contributed by atoms with Gasteiger partial charge in [-0.25, -0.2) is 4.79 Å². The molecule has 1 aromatic carbocycles. The van der Waals surface area contributed by atoms with Crippen LogP contribution in [0.25, 0.3) is 0 Å². The highest BCUT2D eigenvalue weighted by Crippen LogP contribution is 2.35. The van der Waals surface area contributed by atoms with E-state index in [1.54, 1.807) is 0 Å². The topological polar surface area (TPSA) is 55.8 Å². The average Bonchev–Trinajstić information content (AvgIpc) is 2.29. The van der Waals surface area contributed by atoms with E-state index in [2.05, 4.69) is 4.74 Å². The Morgan fingerprint density at radius 1 is 1.47 bits per heavy atom. The monoisotopic (exact) mass is 246 g/mol. The lowest BCUT2D eigenvalue weighted by molar-refractivity contribution is -0.173. The van der Waals surface area contributed by atoms with Gasteiger partial charge in [0.15, 0.2) is 11.5 Å². The predicted molar refractivity (Wildman–Crippen MR) is 55.2 cm³/mol. The second-order valence-electron chi connectivity index (χ2n) is 3.18. The van der Waals surface area contributed by atoms with E-state index in [1.165, 1.54) is 14.0 Å². The molecule has 0 fully saturated rings. The average molecular weight is 246 g/mol. The first-order chi connectivity index (χ1) is 7.93. The van der Waals surface area contributed by atoms with Gasteiger partial charge in [-0.15, -0.1) is 0 Å². The number of halogens is 2. The van der Waals surface area contributed by atoms with Crippen LogP contribution in [0.2, 0.25) is 0 Å². The summed E-state index contributed by atoms with van der Waals surface area (Å²) in [6.07, 6.45) is 0. The molecule has 0 aliphatic carbocycles. The lowest BCUT2D eigenvalue weighted by Crippen LogP contribution is -2.28. The van der Waals surface area contributed by atoms with Crippen LogP contribution in [0.5, 0.6) is 11.5 Å². The molecule has 6 heteroatoms. The molecule has 94 valence electrons. The smallest absolute Gasteiger partial charge is 0.381 e. The Morgan fingerprint density at radius 3 is 2.59 bits per heavy atom. The van der Waals surface area contributed by atoms with Crippen LogP contribution in [0.4, 0.5) is 8.78 Å². The van der Waals surface area contributed by atoms with E-state index in [1.807, 2.05) is 0 Å². The molecule has 0 aliphatic rings. The van der Waals surface area contributed by atoms with Crippen molar-refractivity contribution in [2.24, 2.45) is 0 Å². The van der Waals surface area contributed by atoms with Crippen molar-refractivity contribution in [2.75, 3.05) is 13.7 Å². The van der Waals surface area contributed by atoms with Crippen molar-refractivity contribution in [3.05, 3.63) is 23.8 Å². The number of hydrogen-bond acceptors (Lipinski definition) is 4. The highest BCUT2D eigenvalue weighted by atomic mass is 19.3. The van der Waals surface area contributed by atoms with Crippen molar-refractivity contribution in [2.45, 2.75) is 12.8 Å². The van der Waals surface area contributed by atoms with Crippen molar-refractivity contribution in [1.82, 2.24) is 0 Å². The number of phenolic OH excluding ortho intramolecular Hbond substituents is 1. The standard InChI is InChI=1S/C11H12F2O4/c1-3-17-10(15)11(12,13)7-4-5-9(16-2)8(14)6-7/h4-6,14H,3H2,1-2H3. The van der Waals surface area contributed by atoms with E-state index in [-0.39, 0.29) is 12.4 Å². The van der Waals surface area contributed by atoms with Crippen molar-refractivity contribution in [3.8, 4) is 11.5 Å². The minimum Gasteiger partial charge on any atom is -0.504 e. The molecule has 4 nitrogen and oxygen atoms in total. The SMILES string of the molecule is CCOC(=O)C(F)(F)c1ccc(OC)c(O)c1. The van der Waals surface area contributed by atoms with Gasteiger partial charge in [-0.3, -0.25) is 0 Å². The quantitative estimate of drug-likeness (QED) is 0.826. The number of benzene rings is 1. The van der Waals surface area contributed by atoms with E-state index >= 15 is 0 Å². The van der Waals surface area contributed by atoms with Gasteiger partial charge in [0.2, 0.25) is 0 Å². The Kier molecular flexibility index (Phi) is 3.88. The largest absolute Gasteiger partial charge is 0.504 e. The van der Waals surface area contributed by atoms with Gasteiger partial charge >= 0.3 is 11.9 Å². The van der Waals surface area contributed by atoms with Gasteiger partial charge in [0.25, 0.3) is 0 Å². The maximum absolute atomic E-state index is 13.5. The number of rotatable bonds is 4. The Bertz CT molecular complexity index is 418. The maximum atomic E-state index is 13.5. The second-order valence-corrected chi connectivity index (χ2v) is 3.18. The molecule has 0 bridgehead atoms. The number of esters is 1. The molecule has 1 aromatic rings. The Hall–Kier alpha value is -1.85. The molecule has 1 N–H and O–H groups in total. The minimum atomic E-state index is -3.79. The van der Waals surface area contributed by atoms with E-state index in [4.69, 9.17) is 4.74 Å². The molecule has 0 saturated carbocycles. The van der Waals surface area contributed by atoms with Crippen LogP contribution in [0.3, 0.4) is 0 Å². The number of alkyl halides is 2. The van der Waals surface area contributed by atoms with Crippen molar-refractivity contribution in [1.29, 1.82) is 0 Å². The zero-order valence-corrected chi connectivity index (χ0v) is 9.37. The first-order valence-corrected chi connectivity index (χ1v) is 4.86. The fourth-order valence-electron chi connectivity index (χ4n) is 1.22. The summed E-state index contributed by atoms with van der Waals surface area (Å²) in [7, 11) is 1.29. The molecule has 0 aliphatic heterocycles. The number of carbonyl (C=O) groups excluding carboxylic acids is 1. The summed E-state index contributed by atoms with van der Waals surface area (Å²) < 4.78 is 36.0. The third-order valence-corrected chi connectivity index (χ3v) is 2.07. The lowest BCUT2D eigenvalue weighted by atomic mass is 10.1. The summed E-state index contributed by atoms with van der Waals surface area (Å²) in [5.41, 5.74) is -0.644. The minimum absolute atomic E-state index is 0.0495. The number of carbonyl (C=O) groups is 1. The number of methoxy groups -OCH3 is 1. The molecule has 0 atom stereocenters. The molecule has 0 amide bonds. The summed E-state index contributed by atoms with van der Waals surface area (Å²) in [6.45, 7) is 1.29. The molecule has 0 aromatic heterocycles. The normalized spacial score (nSPS) is 11.1. The summed E-state index contributed by atoms with van der Waals surface area (Å²) in [5, 5.41) is 9.36. The van der Waals surface area contributed by atoms with Crippen LogP contribution < -0.4 is 4.74 Å². The number of aromatic hydroxyl groups is 1. The Balaban J connectivity index is 3.07. The van der Waals surface area contributed by atoms with Crippen molar-refractivity contribution >= 4 is 5.97 Å². The van der Waals surface area contributed by atoms with Crippen LogP contribution in [0, 0.1) is 0 Å².